The fourth-order valence-electron chi connectivity index (χ4n) is 1.77. The zero-order chi connectivity index (χ0) is 13.8. The summed E-state index contributed by atoms with van der Waals surface area (Å²) in [5.74, 6) is 0.373. The average Bonchev–Trinajstić information content (AvgIpc) is 2.75. The number of hydrogen-bond donors (Lipinski definition) is 3. The van der Waals surface area contributed by atoms with Gasteiger partial charge in [-0.15, -0.1) is 10.2 Å². The Balaban J connectivity index is 2.05. The van der Waals surface area contributed by atoms with Crippen LogP contribution in [0.2, 0.25) is 0 Å². The number of aromatic nitrogens is 3. The molecular formula is C12H16N6O. The fourth-order valence-corrected chi connectivity index (χ4v) is 1.77. The van der Waals surface area contributed by atoms with Crippen LogP contribution in [0, 0.1) is 0 Å². The molecule has 0 saturated heterocycles. The van der Waals surface area contributed by atoms with Crippen LogP contribution in [-0.2, 0) is 13.5 Å². The normalized spacial score (nSPS) is 10.4. The Hall–Kier alpha value is -2.57. The second kappa shape index (κ2) is 5.38. The van der Waals surface area contributed by atoms with Crippen LogP contribution >= 0.6 is 0 Å². The van der Waals surface area contributed by atoms with E-state index in [4.69, 9.17) is 11.5 Å². The van der Waals surface area contributed by atoms with Crippen LogP contribution in [-0.4, -0.2) is 27.2 Å². The van der Waals surface area contributed by atoms with Crippen LogP contribution in [0.15, 0.2) is 24.5 Å². The molecule has 1 aromatic heterocycles. The molecule has 5 N–H and O–H groups in total. The zero-order valence-corrected chi connectivity index (χ0v) is 10.6. The summed E-state index contributed by atoms with van der Waals surface area (Å²) in [6, 6.07) is 4.95. The van der Waals surface area contributed by atoms with E-state index in [0.717, 1.165) is 5.82 Å². The van der Waals surface area contributed by atoms with E-state index in [1.807, 2.05) is 11.6 Å². The first-order valence-corrected chi connectivity index (χ1v) is 5.84. The molecule has 0 spiro atoms. The number of nitrogen functional groups attached to an aromatic ring is 1. The lowest BCUT2D eigenvalue weighted by Crippen LogP contribution is -2.16. The van der Waals surface area contributed by atoms with Gasteiger partial charge in [0.25, 0.3) is 5.91 Å². The minimum atomic E-state index is -0.485. The van der Waals surface area contributed by atoms with Crippen LogP contribution in [0.3, 0.4) is 0 Å². The molecule has 0 radical (unpaired) electrons. The van der Waals surface area contributed by atoms with Crippen molar-refractivity contribution in [3.63, 3.8) is 0 Å². The highest BCUT2D eigenvalue weighted by Gasteiger charge is 2.08. The molecule has 1 amide bonds. The van der Waals surface area contributed by atoms with Crippen molar-refractivity contribution in [2.24, 2.45) is 12.8 Å². The topological polar surface area (TPSA) is 112 Å². The van der Waals surface area contributed by atoms with E-state index < -0.39 is 5.91 Å². The third-order valence-corrected chi connectivity index (χ3v) is 2.78. The number of carbonyl (C=O) groups is 1. The summed E-state index contributed by atoms with van der Waals surface area (Å²) in [7, 11) is 1.88. The molecule has 0 aliphatic rings. The van der Waals surface area contributed by atoms with E-state index in [0.29, 0.717) is 29.9 Å². The second-order valence-corrected chi connectivity index (χ2v) is 4.20. The summed E-state index contributed by atoms with van der Waals surface area (Å²) < 4.78 is 1.84. The number of nitrogens with two attached hydrogens (primary N) is 2. The minimum Gasteiger partial charge on any atom is -0.399 e. The maximum absolute atomic E-state index is 11.3. The fraction of sp³-hybridized carbons (Fsp3) is 0.250. The zero-order valence-electron chi connectivity index (χ0n) is 10.6. The van der Waals surface area contributed by atoms with Crippen molar-refractivity contribution in [3.8, 4) is 0 Å². The smallest absolute Gasteiger partial charge is 0.250 e. The van der Waals surface area contributed by atoms with E-state index in [-0.39, 0.29) is 0 Å². The van der Waals surface area contributed by atoms with Gasteiger partial charge in [0.15, 0.2) is 0 Å². The summed E-state index contributed by atoms with van der Waals surface area (Å²) >= 11 is 0. The van der Waals surface area contributed by atoms with Gasteiger partial charge in [-0.05, 0) is 18.2 Å². The Kier molecular flexibility index (Phi) is 3.65. The molecule has 2 rings (SSSR count). The van der Waals surface area contributed by atoms with Crippen molar-refractivity contribution in [1.29, 1.82) is 0 Å². The number of anilines is 2. The first kappa shape index (κ1) is 12.9. The number of carbonyl (C=O) groups excluding carboxylic acids is 1. The van der Waals surface area contributed by atoms with Gasteiger partial charge in [0.2, 0.25) is 0 Å². The molecule has 7 heteroatoms. The molecular weight excluding hydrogens is 244 g/mol. The van der Waals surface area contributed by atoms with Crippen molar-refractivity contribution in [3.05, 3.63) is 35.9 Å². The third kappa shape index (κ3) is 3.01. The second-order valence-electron chi connectivity index (χ2n) is 4.20. The number of aryl methyl sites for hydroxylation is 1. The predicted molar refractivity (Wildman–Crippen MR) is 72.6 cm³/mol. The van der Waals surface area contributed by atoms with E-state index in [1.54, 1.807) is 24.5 Å². The molecule has 1 heterocycles. The molecule has 0 aliphatic heterocycles. The molecule has 0 unspecified atom stereocenters. The summed E-state index contributed by atoms with van der Waals surface area (Å²) in [6.45, 7) is 0.607. The molecule has 1 aromatic carbocycles. The van der Waals surface area contributed by atoms with Crippen molar-refractivity contribution in [2.75, 3.05) is 17.6 Å². The molecule has 0 saturated carbocycles. The van der Waals surface area contributed by atoms with Gasteiger partial charge in [-0.2, -0.15) is 0 Å². The van der Waals surface area contributed by atoms with Crippen LogP contribution in [0.4, 0.5) is 11.4 Å². The van der Waals surface area contributed by atoms with Crippen LogP contribution < -0.4 is 16.8 Å². The highest BCUT2D eigenvalue weighted by molar-refractivity contribution is 5.99. The number of rotatable bonds is 5. The molecule has 0 fully saturated rings. The first-order chi connectivity index (χ1) is 9.08. The van der Waals surface area contributed by atoms with E-state index in [9.17, 15) is 4.79 Å². The van der Waals surface area contributed by atoms with Gasteiger partial charge in [0, 0.05) is 31.4 Å². The van der Waals surface area contributed by atoms with Crippen LogP contribution in [0.25, 0.3) is 0 Å². The number of primary amides is 1. The standard InChI is InChI=1S/C12H16N6O/c1-18-7-16-17-11(18)4-5-15-10-6-8(13)2-3-9(10)12(14)19/h2-3,6-7,15H,4-5,13H2,1H3,(H2,14,19). The number of hydrogen-bond acceptors (Lipinski definition) is 5. The number of amides is 1. The summed E-state index contributed by atoms with van der Waals surface area (Å²) in [5.41, 5.74) is 12.6. The maximum atomic E-state index is 11.3. The monoisotopic (exact) mass is 260 g/mol. The van der Waals surface area contributed by atoms with E-state index in [2.05, 4.69) is 15.5 Å². The quantitative estimate of drug-likeness (QED) is 0.662. The highest BCUT2D eigenvalue weighted by Crippen LogP contribution is 2.18. The van der Waals surface area contributed by atoms with E-state index >= 15 is 0 Å². The number of nitrogens with zero attached hydrogens (tertiary/aromatic N) is 3. The highest BCUT2D eigenvalue weighted by atomic mass is 16.1. The molecule has 100 valence electrons. The molecule has 0 aliphatic carbocycles. The minimum absolute atomic E-state index is 0.423. The summed E-state index contributed by atoms with van der Waals surface area (Å²) in [6.07, 6.45) is 2.33. The third-order valence-electron chi connectivity index (χ3n) is 2.78. The lowest BCUT2D eigenvalue weighted by Gasteiger charge is -2.10. The number of benzene rings is 1. The molecule has 19 heavy (non-hydrogen) atoms. The van der Waals surface area contributed by atoms with Gasteiger partial charge in [-0.1, -0.05) is 0 Å². The lowest BCUT2D eigenvalue weighted by atomic mass is 10.1. The van der Waals surface area contributed by atoms with Crippen molar-refractivity contribution in [1.82, 2.24) is 14.8 Å². The molecule has 0 bridgehead atoms. The average molecular weight is 260 g/mol. The van der Waals surface area contributed by atoms with Crippen molar-refractivity contribution in [2.45, 2.75) is 6.42 Å². The Morgan fingerprint density at radius 1 is 1.47 bits per heavy atom. The SMILES string of the molecule is Cn1cnnc1CCNc1cc(N)ccc1C(N)=O. The Bertz CT molecular complexity index is 592. The predicted octanol–water partition coefficient (Wildman–Crippen LogP) is 0.151. The molecule has 0 atom stereocenters. The largest absolute Gasteiger partial charge is 0.399 e. The van der Waals surface area contributed by atoms with E-state index in [1.165, 1.54) is 0 Å². The summed E-state index contributed by atoms with van der Waals surface area (Å²) in [4.78, 5) is 11.3. The Labute approximate surface area is 110 Å². The van der Waals surface area contributed by atoms with Gasteiger partial charge in [-0.3, -0.25) is 4.79 Å². The van der Waals surface area contributed by atoms with Gasteiger partial charge in [0.1, 0.15) is 12.2 Å². The van der Waals surface area contributed by atoms with Gasteiger partial charge < -0.3 is 21.4 Å². The van der Waals surface area contributed by atoms with Crippen molar-refractivity contribution < 1.29 is 4.79 Å². The van der Waals surface area contributed by atoms with Gasteiger partial charge >= 0.3 is 0 Å². The lowest BCUT2D eigenvalue weighted by molar-refractivity contribution is 0.100. The number of nitrogens with one attached hydrogen (secondary N) is 1. The Morgan fingerprint density at radius 2 is 2.26 bits per heavy atom. The van der Waals surface area contributed by atoms with Crippen LogP contribution in [0.1, 0.15) is 16.2 Å². The van der Waals surface area contributed by atoms with Gasteiger partial charge in [-0.25, -0.2) is 0 Å². The first-order valence-electron chi connectivity index (χ1n) is 5.84. The molecule has 7 nitrogen and oxygen atoms in total. The maximum Gasteiger partial charge on any atom is 0.250 e. The van der Waals surface area contributed by atoms with Crippen molar-refractivity contribution >= 4 is 17.3 Å². The van der Waals surface area contributed by atoms with Crippen LogP contribution in [0.5, 0.6) is 0 Å². The summed E-state index contributed by atoms with van der Waals surface area (Å²) in [5, 5.41) is 10.9. The Morgan fingerprint density at radius 3 is 2.89 bits per heavy atom. The molecule has 2 aromatic rings. The van der Waals surface area contributed by atoms with Gasteiger partial charge in [0.05, 0.1) is 5.56 Å².